The van der Waals surface area contributed by atoms with Crippen molar-refractivity contribution in [3.8, 4) is 0 Å². The van der Waals surface area contributed by atoms with Crippen molar-refractivity contribution in [3.63, 3.8) is 0 Å². The maximum absolute atomic E-state index is 11.9. The molecule has 1 fully saturated rings. The van der Waals surface area contributed by atoms with Crippen LogP contribution in [0.2, 0.25) is 0 Å². The molecule has 0 aromatic carbocycles. The van der Waals surface area contributed by atoms with Gasteiger partial charge in [-0.05, 0) is 52.5 Å². The molecule has 1 N–H and O–H groups in total. The third kappa shape index (κ3) is 2.87. The Kier molecular flexibility index (Phi) is 3.96. The van der Waals surface area contributed by atoms with E-state index in [1.807, 2.05) is 19.1 Å². The van der Waals surface area contributed by atoms with Crippen molar-refractivity contribution in [2.24, 2.45) is 5.41 Å². The van der Waals surface area contributed by atoms with Crippen molar-refractivity contribution >= 4 is 11.9 Å². The number of hydrogen-bond donors (Lipinski definition) is 1. The molecule has 1 aliphatic rings. The second-order valence-electron chi connectivity index (χ2n) is 5.09. The number of carboxylic acid groups (broad SMARTS) is 1. The Balaban J connectivity index is 2.82. The summed E-state index contributed by atoms with van der Waals surface area (Å²) in [6.07, 6.45) is 7.29. The van der Waals surface area contributed by atoms with Gasteiger partial charge in [-0.15, -0.1) is 0 Å². The third-order valence-electron chi connectivity index (χ3n) is 3.26. The van der Waals surface area contributed by atoms with Gasteiger partial charge in [0.25, 0.3) is 0 Å². The lowest BCUT2D eigenvalue weighted by molar-refractivity contribution is -0.174. The number of aliphatic carboxylic acids is 1. The van der Waals surface area contributed by atoms with Crippen molar-refractivity contribution in [3.05, 3.63) is 12.2 Å². The zero-order chi connectivity index (χ0) is 13.1. The quantitative estimate of drug-likeness (QED) is 0.466. The van der Waals surface area contributed by atoms with Gasteiger partial charge in [0, 0.05) is 0 Å². The summed E-state index contributed by atoms with van der Waals surface area (Å²) < 4.78 is 5.46. The van der Waals surface area contributed by atoms with Gasteiger partial charge in [0.2, 0.25) is 0 Å². The van der Waals surface area contributed by atoms with Crippen LogP contribution in [0.25, 0.3) is 0 Å². The van der Waals surface area contributed by atoms with Crippen LogP contribution >= 0.6 is 0 Å². The summed E-state index contributed by atoms with van der Waals surface area (Å²) in [5, 5.41) is 8.98. The number of hydrogen-bond acceptors (Lipinski definition) is 3. The van der Waals surface area contributed by atoms with Crippen LogP contribution in [-0.4, -0.2) is 22.6 Å². The average Bonchev–Trinajstić information content (AvgIpc) is 2.66. The van der Waals surface area contributed by atoms with Gasteiger partial charge >= 0.3 is 11.9 Å². The topological polar surface area (TPSA) is 63.6 Å². The van der Waals surface area contributed by atoms with E-state index < -0.39 is 23.0 Å². The number of carbonyl (C=O) groups excluding carboxylic acids is 1. The molecule has 1 aliphatic carbocycles. The van der Waals surface area contributed by atoms with E-state index in [0.717, 1.165) is 25.7 Å². The molecule has 0 aromatic heterocycles. The standard InChI is InChI=1S/C13H20O4/c1-4-7-13(8-5-6-9-13)17-11(16)12(2,3)10(14)15/h4,7H,5-6,8-9H2,1-3H3,(H,14,15)/b7-4+. The number of ether oxygens (including phenoxy) is 1. The highest BCUT2D eigenvalue weighted by molar-refractivity contribution is 5.98. The van der Waals surface area contributed by atoms with Gasteiger partial charge in [0.15, 0.2) is 5.41 Å². The van der Waals surface area contributed by atoms with Crippen LogP contribution in [0.5, 0.6) is 0 Å². The molecule has 0 amide bonds. The minimum Gasteiger partial charge on any atom is -0.480 e. The molecule has 0 aliphatic heterocycles. The van der Waals surface area contributed by atoms with E-state index in [1.165, 1.54) is 13.8 Å². The van der Waals surface area contributed by atoms with E-state index in [0.29, 0.717) is 0 Å². The second kappa shape index (κ2) is 4.90. The summed E-state index contributed by atoms with van der Waals surface area (Å²) in [6.45, 7) is 4.61. The molecule has 0 saturated heterocycles. The Morgan fingerprint density at radius 1 is 1.29 bits per heavy atom. The lowest BCUT2D eigenvalue weighted by Gasteiger charge is -2.29. The van der Waals surface area contributed by atoms with Gasteiger partial charge < -0.3 is 9.84 Å². The molecule has 96 valence electrons. The summed E-state index contributed by atoms with van der Waals surface area (Å²) >= 11 is 0. The molecule has 1 rings (SSSR count). The number of esters is 1. The monoisotopic (exact) mass is 240 g/mol. The van der Waals surface area contributed by atoms with Crippen LogP contribution in [-0.2, 0) is 14.3 Å². The van der Waals surface area contributed by atoms with Crippen LogP contribution in [0.3, 0.4) is 0 Å². The minimum atomic E-state index is -1.49. The number of rotatable bonds is 4. The first kappa shape index (κ1) is 13.7. The Hall–Kier alpha value is -1.32. The molecule has 0 heterocycles. The molecular formula is C13H20O4. The average molecular weight is 240 g/mol. The van der Waals surface area contributed by atoms with Gasteiger partial charge in [-0.1, -0.05) is 6.08 Å². The van der Waals surface area contributed by atoms with Crippen LogP contribution in [0.4, 0.5) is 0 Å². The third-order valence-corrected chi connectivity index (χ3v) is 3.26. The second-order valence-corrected chi connectivity index (χ2v) is 5.09. The molecule has 17 heavy (non-hydrogen) atoms. The first-order valence-corrected chi connectivity index (χ1v) is 5.95. The van der Waals surface area contributed by atoms with Crippen LogP contribution < -0.4 is 0 Å². The molecule has 0 spiro atoms. The van der Waals surface area contributed by atoms with Gasteiger partial charge in [-0.3, -0.25) is 9.59 Å². The molecule has 0 unspecified atom stereocenters. The zero-order valence-electron chi connectivity index (χ0n) is 10.7. The molecule has 0 radical (unpaired) electrons. The summed E-state index contributed by atoms with van der Waals surface area (Å²) in [5.74, 6) is -1.82. The first-order valence-electron chi connectivity index (χ1n) is 5.95. The summed E-state index contributed by atoms with van der Waals surface area (Å²) in [7, 11) is 0. The Morgan fingerprint density at radius 3 is 2.24 bits per heavy atom. The van der Waals surface area contributed by atoms with E-state index in [2.05, 4.69) is 0 Å². The highest BCUT2D eigenvalue weighted by Crippen LogP contribution is 2.36. The largest absolute Gasteiger partial charge is 0.480 e. The van der Waals surface area contributed by atoms with Gasteiger partial charge in [0.1, 0.15) is 5.60 Å². The van der Waals surface area contributed by atoms with Crippen molar-refractivity contribution in [1.82, 2.24) is 0 Å². The highest BCUT2D eigenvalue weighted by Gasteiger charge is 2.43. The predicted octanol–water partition coefficient (Wildman–Crippen LogP) is 2.53. The van der Waals surface area contributed by atoms with Crippen molar-refractivity contribution < 1.29 is 19.4 Å². The molecular weight excluding hydrogens is 220 g/mol. The summed E-state index contributed by atoms with van der Waals surface area (Å²) in [4.78, 5) is 22.9. The molecule has 0 bridgehead atoms. The van der Waals surface area contributed by atoms with E-state index in [4.69, 9.17) is 9.84 Å². The Bertz CT molecular complexity index is 335. The van der Waals surface area contributed by atoms with E-state index >= 15 is 0 Å². The van der Waals surface area contributed by atoms with Gasteiger partial charge in [-0.25, -0.2) is 0 Å². The Morgan fingerprint density at radius 2 is 1.82 bits per heavy atom. The zero-order valence-corrected chi connectivity index (χ0v) is 10.7. The number of carbonyl (C=O) groups is 2. The lowest BCUT2D eigenvalue weighted by atomic mass is 9.93. The predicted molar refractivity (Wildman–Crippen MR) is 63.5 cm³/mol. The lowest BCUT2D eigenvalue weighted by Crippen LogP contribution is -2.40. The minimum absolute atomic E-state index is 0.585. The van der Waals surface area contributed by atoms with E-state index in [-0.39, 0.29) is 0 Å². The fourth-order valence-corrected chi connectivity index (χ4v) is 1.98. The van der Waals surface area contributed by atoms with Crippen molar-refractivity contribution in [2.75, 3.05) is 0 Å². The molecule has 0 aromatic rings. The van der Waals surface area contributed by atoms with E-state index in [1.54, 1.807) is 0 Å². The molecule has 4 nitrogen and oxygen atoms in total. The first-order chi connectivity index (χ1) is 7.84. The Labute approximate surface area is 102 Å². The normalized spacial score (nSPS) is 19.5. The SMILES string of the molecule is C/C=C/C1(OC(=O)C(C)(C)C(=O)O)CCCC1. The molecule has 0 atom stereocenters. The van der Waals surface area contributed by atoms with Gasteiger partial charge in [-0.2, -0.15) is 0 Å². The van der Waals surface area contributed by atoms with Crippen LogP contribution in [0, 0.1) is 5.41 Å². The summed E-state index contributed by atoms with van der Waals surface area (Å²) in [6, 6.07) is 0. The molecule has 1 saturated carbocycles. The van der Waals surface area contributed by atoms with E-state index in [9.17, 15) is 9.59 Å². The van der Waals surface area contributed by atoms with Gasteiger partial charge in [0.05, 0.1) is 0 Å². The highest BCUT2D eigenvalue weighted by atomic mass is 16.6. The van der Waals surface area contributed by atoms with Crippen molar-refractivity contribution in [2.45, 2.75) is 52.1 Å². The summed E-state index contributed by atoms with van der Waals surface area (Å²) in [5.41, 5.74) is -2.07. The maximum atomic E-state index is 11.9. The smallest absolute Gasteiger partial charge is 0.323 e. The van der Waals surface area contributed by atoms with Crippen LogP contribution in [0.15, 0.2) is 12.2 Å². The number of carboxylic acids is 1. The van der Waals surface area contributed by atoms with Crippen LogP contribution in [0.1, 0.15) is 46.5 Å². The number of allylic oxidation sites excluding steroid dienone is 1. The molecule has 4 heteroatoms. The fourth-order valence-electron chi connectivity index (χ4n) is 1.98. The maximum Gasteiger partial charge on any atom is 0.323 e. The van der Waals surface area contributed by atoms with Crippen molar-refractivity contribution in [1.29, 1.82) is 0 Å². The fraction of sp³-hybridized carbons (Fsp3) is 0.692.